The molecule has 7 nitrogen and oxygen atoms in total. The highest BCUT2D eigenvalue weighted by molar-refractivity contribution is 5.49. The zero-order valence-corrected chi connectivity index (χ0v) is 11.3. The van der Waals surface area contributed by atoms with Gasteiger partial charge >= 0.3 is 0 Å². The van der Waals surface area contributed by atoms with Crippen molar-refractivity contribution in [1.82, 2.24) is 19.9 Å². The molecule has 0 aliphatic heterocycles. The van der Waals surface area contributed by atoms with E-state index in [0.717, 1.165) is 11.3 Å². The number of nitrogens with two attached hydrogens (primary N) is 1. The summed E-state index contributed by atoms with van der Waals surface area (Å²) in [4.78, 5) is 16.4. The molecule has 0 unspecified atom stereocenters. The van der Waals surface area contributed by atoms with Crippen LogP contribution in [0.3, 0.4) is 0 Å². The van der Waals surface area contributed by atoms with Crippen LogP contribution < -0.4 is 11.1 Å². The third-order valence-corrected chi connectivity index (χ3v) is 2.75. The molecule has 0 radical (unpaired) electrons. The molecular weight excluding hydrogens is 254 g/mol. The summed E-state index contributed by atoms with van der Waals surface area (Å²) < 4.78 is 0. The van der Waals surface area contributed by atoms with E-state index in [1.54, 1.807) is 6.20 Å². The Morgan fingerprint density at radius 1 is 1.35 bits per heavy atom. The maximum absolute atomic E-state index is 8.77. The zero-order valence-electron chi connectivity index (χ0n) is 11.3. The van der Waals surface area contributed by atoms with Crippen molar-refractivity contribution in [2.75, 3.05) is 11.1 Å². The van der Waals surface area contributed by atoms with E-state index in [1.165, 1.54) is 12.5 Å². The Hall–Kier alpha value is -2.75. The van der Waals surface area contributed by atoms with E-state index < -0.39 is 0 Å². The first-order chi connectivity index (χ1) is 9.61. The topological polar surface area (TPSA) is 113 Å². The molecule has 0 aliphatic rings. The maximum atomic E-state index is 8.77. The summed E-state index contributed by atoms with van der Waals surface area (Å²) in [6, 6.07) is 1.92. The summed E-state index contributed by atoms with van der Waals surface area (Å²) in [7, 11) is 0. The first-order valence-corrected chi connectivity index (χ1v) is 6.17. The summed E-state index contributed by atoms with van der Waals surface area (Å²) in [6.07, 6.45) is 4.70. The third-order valence-electron chi connectivity index (χ3n) is 2.75. The lowest BCUT2D eigenvalue weighted by atomic mass is 10.1. The fraction of sp³-hybridized carbons (Fsp3) is 0.308. The van der Waals surface area contributed by atoms with Crippen LogP contribution in [0.2, 0.25) is 0 Å². The molecule has 2 aromatic rings. The van der Waals surface area contributed by atoms with Crippen molar-refractivity contribution in [2.24, 2.45) is 0 Å². The lowest BCUT2D eigenvalue weighted by Crippen LogP contribution is -2.09. The Kier molecular flexibility index (Phi) is 4.05. The van der Waals surface area contributed by atoms with E-state index in [2.05, 4.69) is 39.1 Å². The first kappa shape index (κ1) is 13.7. The van der Waals surface area contributed by atoms with Crippen molar-refractivity contribution in [3.63, 3.8) is 0 Å². The quantitative estimate of drug-likeness (QED) is 0.863. The Bertz CT molecular complexity index is 645. The van der Waals surface area contributed by atoms with Crippen molar-refractivity contribution >= 4 is 11.8 Å². The molecule has 102 valence electrons. The van der Waals surface area contributed by atoms with Crippen molar-refractivity contribution < 1.29 is 0 Å². The van der Waals surface area contributed by atoms with Crippen molar-refractivity contribution in [3.8, 4) is 6.07 Å². The molecule has 0 bridgehead atoms. The molecule has 20 heavy (non-hydrogen) atoms. The highest BCUT2D eigenvalue weighted by Crippen LogP contribution is 2.16. The second kappa shape index (κ2) is 5.93. The van der Waals surface area contributed by atoms with Gasteiger partial charge < -0.3 is 11.1 Å². The molecule has 7 heteroatoms. The van der Waals surface area contributed by atoms with Crippen LogP contribution in [-0.2, 0) is 6.54 Å². The number of anilines is 2. The number of hydrogen-bond donors (Lipinski definition) is 2. The Morgan fingerprint density at radius 2 is 2.15 bits per heavy atom. The lowest BCUT2D eigenvalue weighted by Gasteiger charge is -2.11. The van der Waals surface area contributed by atoms with Gasteiger partial charge in [0.2, 0.25) is 5.95 Å². The molecule has 0 saturated carbocycles. The molecule has 0 amide bonds. The average molecular weight is 269 g/mol. The summed E-state index contributed by atoms with van der Waals surface area (Å²) in [5.74, 6) is 0.847. The number of hydrogen-bond acceptors (Lipinski definition) is 7. The van der Waals surface area contributed by atoms with Gasteiger partial charge in [-0.1, -0.05) is 13.8 Å². The predicted molar refractivity (Wildman–Crippen MR) is 74.6 cm³/mol. The predicted octanol–water partition coefficient (Wildman–Crippen LogP) is 1.46. The minimum absolute atomic E-state index is 0.165. The smallest absolute Gasteiger partial charge is 0.224 e. The zero-order chi connectivity index (χ0) is 14.5. The molecule has 0 spiro atoms. The molecule has 0 atom stereocenters. The first-order valence-electron chi connectivity index (χ1n) is 6.17. The number of nitrogen functional groups attached to an aromatic ring is 1. The fourth-order valence-electron chi connectivity index (χ4n) is 1.76. The Labute approximate surface area is 116 Å². The Morgan fingerprint density at radius 3 is 2.80 bits per heavy atom. The van der Waals surface area contributed by atoms with Crippen LogP contribution in [-0.4, -0.2) is 19.9 Å². The standard InChI is InChI=1S/C13H15N7/c1-8(2)11-10(4-16-7-19-11)6-18-13-17-5-9(3-14)12(15)20-13/h4-5,7-8H,6H2,1-2H3,(H3,15,17,18,20). The van der Waals surface area contributed by atoms with Gasteiger partial charge in [-0.2, -0.15) is 10.2 Å². The molecule has 2 heterocycles. The number of rotatable bonds is 4. The molecule has 3 N–H and O–H groups in total. The summed E-state index contributed by atoms with van der Waals surface area (Å²) in [6.45, 7) is 4.64. The average Bonchev–Trinajstić information content (AvgIpc) is 2.45. The van der Waals surface area contributed by atoms with Crippen LogP contribution in [0.15, 0.2) is 18.7 Å². The monoisotopic (exact) mass is 269 g/mol. The maximum Gasteiger partial charge on any atom is 0.224 e. The lowest BCUT2D eigenvalue weighted by molar-refractivity contribution is 0.789. The molecule has 0 saturated heterocycles. The van der Waals surface area contributed by atoms with Crippen LogP contribution in [0.4, 0.5) is 11.8 Å². The highest BCUT2D eigenvalue weighted by atomic mass is 15.1. The number of nitrogens with one attached hydrogen (secondary N) is 1. The molecular formula is C13H15N7. The van der Waals surface area contributed by atoms with Gasteiger partial charge in [-0.05, 0) is 5.92 Å². The second-order valence-electron chi connectivity index (χ2n) is 4.55. The fourth-order valence-corrected chi connectivity index (χ4v) is 1.76. The van der Waals surface area contributed by atoms with E-state index in [9.17, 15) is 0 Å². The highest BCUT2D eigenvalue weighted by Gasteiger charge is 2.09. The van der Waals surface area contributed by atoms with Crippen molar-refractivity contribution in [1.29, 1.82) is 5.26 Å². The SMILES string of the molecule is CC(C)c1ncncc1CNc1ncc(C#N)c(N)n1. The third kappa shape index (κ3) is 2.98. The van der Waals surface area contributed by atoms with Gasteiger partial charge in [-0.25, -0.2) is 15.0 Å². The second-order valence-corrected chi connectivity index (χ2v) is 4.55. The van der Waals surface area contributed by atoms with Crippen LogP contribution >= 0.6 is 0 Å². The molecule has 0 aliphatic carbocycles. The van der Waals surface area contributed by atoms with E-state index in [0.29, 0.717) is 18.4 Å². The van der Waals surface area contributed by atoms with Gasteiger partial charge in [-0.3, -0.25) is 0 Å². The molecule has 0 aromatic carbocycles. The normalized spacial score (nSPS) is 10.3. The largest absolute Gasteiger partial charge is 0.382 e. The molecule has 2 rings (SSSR count). The molecule has 2 aromatic heterocycles. The number of nitrogens with zero attached hydrogens (tertiary/aromatic N) is 5. The van der Waals surface area contributed by atoms with Gasteiger partial charge in [0.1, 0.15) is 23.8 Å². The summed E-state index contributed by atoms with van der Waals surface area (Å²) >= 11 is 0. The van der Waals surface area contributed by atoms with Crippen molar-refractivity contribution in [2.45, 2.75) is 26.3 Å². The minimum Gasteiger partial charge on any atom is -0.382 e. The van der Waals surface area contributed by atoms with Gasteiger partial charge in [0.05, 0.1) is 11.9 Å². The van der Waals surface area contributed by atoms with E-state index >= 15 is 0 Å². The van der Waals surface area contributed by atoms with Crippen LogP contribution in [0, 0.1) is 11.3 Å². The van der Waals surface area contributed by atoms with E-state index in [-0.39, 0.29) is 11.4 Å². The Balaban J connectivity index is 2.13. The van der Waals surface area contributed by atoms with E-state index in [4.69, 9.17) is 11.0 Å². The van der Waals surface area contributed by atoms with Crippen LogP contribution in [0.1, 0.15) is 36.6 Å². The molecule has 0 fully saturated rings. The number of nitriles is 1. The van der Waals surface area contributed by atoms with Crippen LogP contribution in [0.25, 0.3) is 0 Å². The van der Waals surface area contributed by atoms with E-state index in [1.807, 2.05) is 6.07 Å². The van der Waals surface area contributed by atoms with Gasteiger partial charge in [0.15, 0.2) is 0 Å². The summed E-state index contributed by atoms with van der Waals surface area (Å²) in [5, 5.41) is 11.8. The summed E-state index contributed by atoms with van der Waals surface area (Å²) in [5.41, 5.74) is 7.87. The van der Waals surface area contributed by atoms with Gasteiger partial charge in [0.25, 0.3) is 0 Å². The van der Waals surface area contributed by atoms with Gasteiger partial charge in [-0.15, -0.1) is 0 Å². The number of aromatic nitrogens is 4. The van der Waals surface area contributed by atoms with Gasteiger partial charge in [0, 0.05) is 18.3 Å². The minimum atomic E-state index is 0.165. The van der Waals surface area contributed by atoms with Crippen molar-refractivity contribution in [3.05, 3.63) is 35.5 Å². The van der Waals surface area contributed by atoms with Crippen LogP contribution in [0.5, 0.6) is 0 Å².